The number of halogens is 3. The van der Waals surface area contributed by atoms with Crippen LogP contribution in [0.1, 0.15) is 43.2 Å². The molecule has 2 spiro atoms. The van der Waals surface area contributed by atoms with Gasteiger partial charge in [-0.05, 0) is 101 Å². The zero-order chi connectivity index (χ0) is 65.0. The first kappa shape index (κ1) is 58.0. The summed E-state index contributed by atoms with van der Waals surface area (Å²) < 4.78 is 65.7. The zero-order valence-electron chi connectivity index (χ0n) is 52.6. The molecule has 11 N–H and O–H groups in total. The highest BCUT2D eigenvalue weighted by atomic mass is 19.1. The van der Waals surface area contributed by atoms with Crippen molar-refractivity contribution in [3.8, 4) is 35.3 Å². The van der Waals surface area contributed by atoms with E-state index >= 15 is 13.2 Å². The van der Waals surface area contributed by atoms with Crippen LogP contribution >= 0.6 is 0 Å². The van der Waals surface area contributed by atoms with Gasteiger partial charge in [0.2, 0.25) is 0 Å². The minimum absolute atomic E-state index is 0.00856. The Labute approximate surface area is 544 Å². The molecule has 9 aromatic heterocycles. The Balaban J connectivity index is 0.580. The molecule has 30 heteroatoms. The molecule has 1 unspecified atom stereocenters. The fourth-order valence-electron chi connectivity index (χ4n) is 15.7. The van der Waals surface area contributed by atoms with E-state index in [2.05, 4.69) is 80.8 Å². The number of aromatic amines is 3. The van der Waals surface area contributed by atoms with Crippen molar-refractivity contribution in [3.05, 3.63) is 109 Å². The van der Waals surface area contributed by atoms with Crippen LogP contribution in [0.25, 0.3) is 65.8 Å². The van der Waals surface area contributed by atoms with Gasteiger partial charge in [-0.2, -0.15) is 29.9 Å². The van der Waals surface area contributed by atoms with Gasteiger partial charge in [-0.1, -0.05) is 0 Å². The number of benzene rings is 3. The van der Waals surface area contributed by atoms with Gasteiger partial charge in [0, 0.05) is 98.0 Å². The molecule has 488 valence electrons. The number of rotatable bonds is 17. The lowest BCUT2D eigenvalue weighted by Crippen LogP contribution is -2.74. The first-order chi connectivity index (χ1) is 46.6. The quantitative estimate of drug-likeness (QED) is 0.0384. The lowest BCUT2D eigenvalue weighted by Gasteiger charge is -2.63. The van der Waals surface area contributed by atoms with E-state index in [-0.39, 0.29) is 64.7 Å². The predicted molar refractivity (Wildman–Crippen MR) is 354 cm³/mol. The molecule has 6 fully saturated rings. The summed E-state index contributed by atoms with van der Waals surface area (Å²) in [5.74, 6) is 4.02. The molecule has 0 amide bonds. The highest BCUT2D eigenvalue weighted by Crippen LogP contribution is 2.55. The number of anilines is 6. The monoisotopic (exact) mass is 1300 g/mol. The van der Waals surface area contributed by atoms with E-state index < -0.39 is 17.5 Å². The predicted octanol–water partition coefficient (Wildman–Crippen LogP) is 8.77. The van der Waals surface area contributed by atoms with E-state index in [9.17, 15) is 0 Å². The lowest BCUT2D eigenvalue weighted by molar-refractivity contribution is -0.00292. The zero-order valence-corrected chi connectivity index (χ0v) is 52.6. The third-order valence-electron chi connectivity index (χ3n) is 20.9. The van der Waals surface area contributed by atoms with E-state index in [0.29, 0.717) is 174 Å². The fourth-order valence-corrected chi connectivity index (χ4v) is 15.7. The van der Waals surface area contributed by atoms with Gasteiger partial charge >= 0.3 is 18.0 Å². The van der Waals surface area contributed by atoms with E-state index in [4.69, 9.17) is 55.6 Å². The minimum Gasteiger partial charge on any atom is -0.421 e. The second kappa shape index (κ2) is 21.7. The number of hydrogen-bond acceptors (Lipinski definition) is 24. The molecule has 0 radical (unpaired) electrons. The largest absolute Gasteiger partial charge is 0.421 e. The van der Waals surface area contributed by atoms with Crippen molar-refractivity contribution < 1.29 is 27.4 Å². The summed E-state index contributed by atoms with van der Waals surface area (Å²) >= 11 is 0. The Morgan fingerprint density at radius 1 is 0.542 bits per heavy atom. The third kappa shape index (κ3) is 9.64. The van der Waals surface area contributed by atoms with Crippen molar-refractivity contribution in [3.63, 3.8) is 0 Å². The third-order valence-corrected chi connectivity index (χ3v) is 20.9. The SMILES string of the molecule is CNc1cc(F)cc2c1[nH]c1nc(Oc3cnc(C)nc3)nc(N3CC4(CC(CNc5cc(F)cc6c5[nH]c5nc(Oc7cnc(C)nc7)nc(N7C[C@@H]8[C@H](C7)[C@H]8NCNc7cc(F)cc8c7[nH]c7nc(Oc9cnc(C)nc9)nc(N9CC[C@]%10(CC[C@@H]%10N)C9)c78)c56)[C@@H]4N)C3)c12. The number of nitrogens with one attached hydrogen (secondary N) is 7. The maximum atomic E-state index is 16.2. The molecule has 27 nitrogen and oxygen atoms in total. The average molecular weight is 1300 g/mol. The van der Waals surface area contributed by atoms with Gasteiger partial charge in [-0.25, -0.2) is 43.1 Å². The summed E-state index contributed by atoms with van der Waals surface area (Å²) in [6.07, 6.45) is 13.2. The van der Waals surface area contributed by atoms with Crippen LogP contribution in [0.3, 0.4) is 0 Å². The van der Waals surface area contributed by atoms with Gasteiger partial charge in [0.15, 0.2) is 17.2 Å². The Morgan fingerprint density at radius 3 is 1.42 bits per heavy atom. The van der Waals surface area contributed by atoms with Crippen molar-refractivity contribution in [2.45, 2.75) is 64.6 Å². The number of fused-ring (bicyclic) bond motifs is 10. The Hall–Kier alpha value is -10.6. The van der Waals surface area contributed by atoms with Crippen LogP contribution in [-0.2, 0) is 0 Å². The fraction of sp³-hybridized carbons (Fsp3) is 0.364. The number of nitrogens with two attached hydrogens (primary N) is 2. The lowest BCUT2D eigenvalue weighted by atomic mass is 9.54. The maximum absolute atomic E-state index is 16.2. The van der Waals surface area contributed by atoms with Gasteiger partial charge < -0.3 is 71.3 Å². The first-order valence-electron chi connectivity index (χ1n) is 32.2. The van der Waals surface area contributed by atoms with E-state index in [1.54, 1.807) is 65.0 Å². The molecule has 96 heavy (non-hydrogen) atoms. The van der Waals surface area contributed by atoms with Crippen molar-refractivity contribution >= 4 is 100 Å². The number of hydrogen-bond donors (Lipinski definition) is 9. The number of aromatic nitrogens is 15. The summed E-state index contributed by atoms with van der Waals surface area (Å²) in [4.78, 5) is 72.0. The molecule has 6 aliphatic rings. The van der Waals surface area contributed by atoms with Crippen LogP contribution in [0.2, 0.25) is 0 Å². The molecule has 0 bridgehead atoms. The van der Waals surface area contributed by atoms with Crippen molar-refractivity contribution in [2.75, 3.05) is 90.2 Å². The van der Waals surface area contributed by atoms with Crippen LogP contribution in [0.5, 0.6) is 35.3 Å². The van der Waals surface area contributed by atoms with Crippen LogP contribution in [0, 0.1) is 66.8 Å². The number of H-pyrrole nitrogens is 3. The summed E-state index contributed by atoms with van der Waals surface area (Å²) in [6, 6.07) is 9.26. The second-order valence-corrected chi connectivity index (χ2v) is 26.7. The standard InChI is InChI=1S/C66H65F3N24O3/c1-29-73-17-36(18-74-29)94-62-85-56-48(59(88-62)91-8-7-65(25-91)6-5-47(65)70)40-11-35(69)14-46(54(40)84-56)80-28-81-51-42-23-92(24-43(42)51)60-49-41-10-34(68)13-45(53(41)83-57(49)86-63(89-60)95-37-19-75-30(2)76-20-37)79-16-32-15-66(55(32)71)26-93(27-66)61-50-39-9-33(67)12-44(72-4)52(39)82-58(50)87-64(90-61)96-38-21-77-31(3)78-22-38/h9-14,17-22,32,42-43,47,51,55,72,79-81H,5-8,15-16,23-28,70-71H2,1-4H3,(H,82,87,90)(H,83,86,89)(H,84,85,88)/t32?,42-,43+,47-,51+,55-,65+/m0/s1. The normalized spacial score (nSPS) is 22.4. The van der Waals surface area contributed by atoms with Gasteiger partial charge in [0.05, 0.1) is 93.6 Å². The van der Waals surface area contributed by atoms with Crippen LogP contribution < -0.4 is 61.6 Å². The van der Waals surface area contributed by atoms with Gasteiger partial charge in [0.1, 0.15) is 69.3 Å². The first-order valence-corrected chi connectivity index (χ1v) is 32.2. The number of piperidine rings is 1. The number of nitrogens with zero attached hydrogens (tertiary/aromatic N) is 15. The van der Waals surface area contributed by atoms with Gasteiger partial charge in [-0.15, -0.1) is 0 Å². The Kier molecular flexibility index (Phi) is 13.1. The number of ether oxygens (including phenoxy) is 3. The molecule has 3 aromatic carbocycles. The molecular formula is C66H65F3N24O3. The average Bonchev–Trinajstić information content (AvgIpc) is 0.998. The van der Waals surface area contributed by atoms with Gasteiger partial charge in [-0.3, -0.25) is 5.32 Å². The van der Waals surface area contributed by atoms with Crippen LogP contribution in [0.4, 0.5) is 47.7 Å². The van der Waals surface area contributed by atoms with Crippen molar-refractivity contribution in [2.24, 2.45) is 40.1 Å². The second-order valence-electron chi connectivity index (χ2n) is 26.7. The van der Waals surface area contributed by atoms with Crippen LogP contribution in [0.15, 0.2) is 73.6 Å². The highest BCUT2D eigenvalue weighted by Gasteiger charge is 2.59. The molecule has 7 atom stereocenters. The smallest absolute Gasteiger partial charge is 0.326 e. The summed E-state index contributed by atoms with van der Waals surface area (Å²) in [6.45, 7) is 10.1. The maximum Gasteiger partial charge on any atom is 0.326 e. The molecule has 3 aliphatic carbocycles. The molecule has 12 heterocycles. The number of aryl methyl sites for hydroxylation is 3. The van der Waals surface area contributed by atoms with Crippen molar-refractivity contribution in [1.82, 2.24) is 80.1 Å². The van der Waals surface area contributed by atoms with E-state index in [1.165, 1.54) is 36.4 Å². The molecule has 3 saturated carbocycles. The molecule has 3 saturated heterocycles. The van der Waals surface area contributed by atoms with Gasteiger partial charge in [0.25, 0.3) is 0 Å². The molecular weight excluding hydrogens is 1230 g/mol. The molecule has 18 rings (SSSR count). The summed E-state index contributed by atoms with van der Waals surface area (Å²) in [7, 11) is 1.74. The summed E-state index contributed by atoms with van der Waals surface area (Å²) in [5.41, 5.74) is 18.7. The van der Waals surface area contributed by atoms with Crippen molar-refractivity contribution in [1.29, 1.82) is 0 Å². The molecule has 3 aliphatic heterocycles. The van der Waals surface area contributed by atoms with E-state index in [1.807, 2.05) is 0 Å². The van der Waals surface area contributed by atoms with E-state index in [0.717, 1.165) is 38.8 Å². The Bertz CT molecular complexity index is 5120. The highest BCUT2D eigenvalue weighted by molar-refractivity contribution is 6.17. The molecule has 12 aromatic rings. The topological polar surface area (TPSA) is 340 Å². The van der Waals surface area contributed by atoms with Crippen LogP contribution in [-0.4, -0.2) is 152 Å². The Morgan fingerprint density at radius 2 is 0.979 bits per heavy atom. The minimum atomic E-state index is -0.435. The summed E-state index contributed by atoms with van der Waals surface area (Å²) in [5, 5.41) is 17.7.